The molecule has 2 saturated heterocycles. The first-order valence-electron chi connectivity index (χ1n) is 11.2. The first kappa shape index (κ1) is 22.0. The topological polar surface area (TPSA) is 105 Å². The molecule has 0 saturated carbocycles. The molecule has 2 aliphatic rings. The van der Waals surface area contributed by atoms with Crippen LogP contribution < -0.4 is 10.3 Å². The van der Waals surface area contributed by atoms with E-state index in [2.05, 4.69) is 10.2 Å². The van der Waals surface area contributed by atoms with E-state index in [1.165, 1.54) is 17.0 Å². The predicted molar refractivity (Wildman–Crippen MR) is 120 cm³/mol. The summed E-state index contributed by atoms with van der Waals surface area (Å²) < 4.78 is 25.8. The van der Waals surface area contributed by atoms with Crippen molar-refractivity contribution in [2.24, 2.45) is 0 Å². The number of carbonyl (C=O) groups is 2. The van der Waals surface area contributed by atoms with Gasteiger partial charge in [-0.2, -0.15) is 0 Å². The number of hydrogen-bond acceptors (Lipinski definition) is 6. The van der Waals surface area contributed by atoms with Crippen molar-refractivity contribution in [3.05, 3.63) is 64.2 Å². The van der Waals surface area contributed by atoms with Crippen molar-refractivity contribution in [2.45, 2.75) is 18.9 Å². The number of hydrogen-bond donors (Lipinski definition) is 1. The van der Waals surface area contributed by atoms with Gasteiger partial charge in [0.1, 0.15) is 17.7 Å². The Bertz CT molecular complexity index is 1300. The number of carbonyl (C=O) groups excluding carboxylic acids is 2. The Morgan fingerprint density at radius 3 is 2.53 bits per heavy atom. The third-order valence-electron chi connectivity index (χ3n) is 6.13. The first-order valence-corrected chi connectivity index (χ1v) is 11.2. The minimum absolute atomic E-state index is 0.0493. The molecule has 176 valence electrons. The van der Waals surface area contributed by atoms with E-state index in [0.29, 0.717) is 43.6 Å². The number of piperazine rings is 1. The fraction of sp³-hybridized carbons (Fsp3) is 0.333. The van der Waals surface area contributed by atoms with Gasteiger partial charge in [-0.25, -0.2) is 9.49 Å². The molecule has 1 N–H and O–H groups in total. The zero-order chi connectivity index (χ0) is 23.7. The average molecular weight is 466 g/mol. The van der Waals surface area contributed by atoms with Gasteiger partial charge in [0.25, 0.3) is 17.4 Å². The minimum atomic E-state index is -0.672. The van der Waals surface area contributed by atoms with E-state index >= 15 is 0 Å². The molecule has 2 fully saturated rings. The number of rotatable bonds is 4. The Balaban J connectivity index is 1.31. The number of ether oxygens (including phenoxy) is 2. The van der Waals surface area contributed by atoms with Gasteiger partial charge in [-0.05, 0) is 43.2 Å². The van der Waals surface area contributed by atoms with Crippen molar-refractivity contribution in [1.29, 1.82) is 0 Å². The molecule has 3 aromatic rings. The number of nitrogens with zero attached hydrogens (tertiary/aromatic N) is 3. The first-order chi connectivity index (χ1) is 16.5. The van der Waals surface area contributed by atoms with E-state index < -0.39 is 17.8 Å². The summed E-state index contributed by atoms with van der Waals surface area (Å²) in [4.78, 5) is 40.8. The lowest BCUT2D eigenvalue weighted by Gasteiger charge is -2.35. The monoisotopic (exact) mass is 466 g/mol. The highest BCUT2D eigenvalue weighted by Gasteiger charge is 2.32. The van der Waals surface area contributed by atoms with E-state index in [9.17, 15) is 18.8 Å². The molecule has 0 radical (unpaired) electrons. The molecule has 0 bridgehead atoms. The lowest BCUT2D eigenvalue weighted by molar-refractivity contribution is -0.142. The fourth-order valence-electron chi connectivity index (χ4n) is 4.29. The number of amides is 2. The Hall–Kier alpha value is -3.79. The van der Waals surface area contributed by atoms with Gasteiger partial charge in [0.05, 0.1) is 16.3 Å². The van der Waals surface area contributed by atoms with Gasteiger partial charge in [0.2, 0.25) is 5.88 Å². The van der Waals surface area contributed by atoms with Gasteiger partial charge in [-0.15, -0.1) is 5.10 Å². The lowest BCUT2D eigenvalue weighted by Crippen LogP contribution is -2.52. The Labute approximate surface area is 194 Å². The third kappa shape index (κ3) is 4.24. The number of aromatic nitrogens is 2. The molecule has 9 nitrogen and oxygen atoms in total. The molecule has 1 atom stereocenters. The molecule has 0 unspecified atom stereocenters. The molecule has 2 amide bonds. The van der Waals surface area contributed by atoms with Gasteiger partial charge < -0.3 is 19.3 Å². The molecule has 34 heavy (non-hydrogen) atoms. The smallest absolute Gasteiger partial charge is 0.272 e. The molecule has 2 aromatic carbocycles. The summed E-state index contributed by atoms with van der Waals surface area (Å²) >= 11 is 0. The van der Waals surface area contributed by atoms with E-state index in [0.717, 1.165) is 18.9 Å². The molecule has 10 heteroatoms. The van der Waals surface area contributed by atoms with Crippen LogP contribution in [0.4, 0.5) is 4.39 Å². The highest BCUT2D eigenvalue weighted by Crippen LogP contribution is 2.27. The van der Waals surface area contributed by atoms with Crippen LogP contribution in [0, 0.1) is 5.82 Å². The Kier molecular flexibility index (Phi) is 5.97. The zero-order valence-corrected chi connectivity index (χ0v) is 18.3. The van der Waals surface area contributed by atoms with Crippen LogP contribution >= 0.6 is 0 Å². The van der Waals surface area contributed by atoms with Crippen LogP contribution in [0.2, 0.25) is 0 Å². The third-order valence-corrected chi connectivity index (χ3v) is 6.13. The number of H-pyrrole nitrogens is 1. The summed E-state index contributed by atoms with van der Waals surface area (Å²) in [5, 5.41) is 7.23. The van der Waals surface area contributed by atoms with Gasteiger partial charge in [0.15, 0.2) is 0 Å². The van der Waals surface area contributed by atoms with E-state index in [-0.39, 0.29) is 28.7 Å². The van der Waals surface area contributed by atoms with Crippen molar-refractivity contribution in [2.75, 3.05) is 32.8 Å². The van der Waals surface area contributed by atoms with Crippen molar-refractivity contribution >= 4 is 22.6 Å². The van der Waals surface area contributed by atoms with Gasteiger partial charge in [-0.1, -0.05) is 12.1 Å². The molecule has 0 spiro atoms. The standard InChI is InChI=1S/C24H23FN4O5/c25-19-8-7-15(34-22-17-5-2-1-4-16(17)21(30)26-27-22)14-18(19)23(31)28-9-11-29(12-10-28)24(32)20-6-3-13-33-20/h1-2,4-5,7-8,14,20H,3,6,9-13H2,(H,26,30)/t20-/m0/s1. The van der Waals surface area contributed by atoms with E-state index in [1.807, 2.05) is 0 Å². The molecule has 1 aromatic heterocycles. The summed E-state index contributed by atoms with van der Waals surface area (Å²) in [6.07, 6.45) is 1.19. The molecular weight excluding hydrogens is 443 g/mol. The highest BCUT2D eigenvalue weighted by atomic mass is 19.1. The quantitative estimate of drug-likeness (QED) is 0.633. The summed E-state index contributed by atoms with van der Waals surface area (Å²) in [5.41, 5.74) is -0.486. The van der Waals surface area contributed by atoms with E-state index in [1.54, 1.807) is 29.2 Å². The SMILES string of the molecule is O=C(c1cc(Oc2n[nH]c(=O)c3ccccc23)ccc1F)N1CCN(C(=O)[C@@H]2CCCO2)CC1. The van der Waals surface area contributed by atoms with Crippen LogP contribution in [0.25, 0.3) is 10.8 Å². The summed E-state index contributed by atoms with van der Waals surface area (Å²) in [6.45, 7) is 1.93. The number of fused-ring (bicyclic) bond motifs is 1. The maximum absolute atomic E-state index is 14.6. The minimum Gasteiger partial charge on any atom is -0.437 e. The maximum Gasteiger partial charge on any atom is 0.272 e. The number of aromatic amines is 1. The Morgan fingerprint density at radius 1 is 1.06 bits per heavy atom. The highest BCUT2D eigenvalue weighted by molar-refractivity contribution is 5.95. The van der Waals surface area contributed by atoms with Crippen molar-refractivity contribution in [3.63, 3.8) is 0 Å². The normalized spacial score (nSPS) is 18.3. The van der Waals surface area contributed by atoms with Crippen molar-refractivity contribution in [3.8, 4) is 11.6 Å². The number of halogens is 1. The largest absolute Gasteiger partial charge is 0.437 e. The van der Waals surface area contributed by atoms with Crippen LogP contribution in [-0.2, 0) is 9.53 Å². The molecular formula is C24H23FN4O5. The zero-order valence-electron chi connectivity index (χ0n) is 18.3. The van der Waals surface area contributed by atoms with Gasteiger partial charge >= 0.3 is 0 Å². The molecule has 0 aliphatic carbocycles. The van der Waals surface area contributed by atoms with E-state index in [4.69, 9.17) is 9.47 Å². The van der Waals surface area contributed by atoms with Crippen LogP contribution in [-0.4, -0.2) is 70.7 Å². The maximum atomic E-state index is 14.6. The number of nitrogens with one attached hydrogen (secondary N) is 1. The summed E-state index contributed by atoms with van der Waals surface area (Å²) in [7, 11) is 0. The van der Waals surface area contributed by atoms with Crippen molar-refractivity contribution in [1.82, 2.24) is 20.0 Å². The number of benzene rings is 2. The lowest BCUT2D eigenvalue weighted by atomic mass is 10.1. The van der Waals surface area contributed by atoms with Crippen LogP contribution in [0.3, 0.4) is 0 Å². The summed E-state index contributed by atoms with van der Waals surface area (Å²) in [6, 6.07) is 10.7. The molecule has 3 heterocycles. The van der Waals surface area contributed by atoms with Gasteiger partial charge in [0, 0.05) is 32.8 Å². The fourth-order valence-corrected chi connectivity index (χ4v) is 4.29. The predicted octanol–water partition coefficient (Wildman–Crippen LogP) is 2.32. The Morgan fingerprint density at radius 2 is 1.79 bits per heavy atom. The second-order valence-corrected chi connectivity index (χ2v) is 8.27. The van der Waals surface area contributed by atoms with Crippen LogP contribution in [0.1, 0.15) is 23.2 Å². The van der Waals surface area contributed by atoms with Crippen LogP contribution in [0.5, 0.6) is 11.6 Å². The molecule has 2 aliphatic heterocycles. The van der Waals surface area contributed by atoms with Crippen LogP contribution in [0.15, 0.2) is 47.3 Å². The van der Waals surface area contributed by atoms with Crippen molar-refractivity contribution < 1.29 is 23.5 Å². The second kappa shape index (κ2) is 9.22. The summed E-state index contributed by atoms with van der Waals surface area (Å²) in [5.74, 6) is -0.851. The van der Waals surface area contributed by atoms with Gasteiger partial charge in [-0.3, -0.25) is 14.4 Å². The molecule has 5 rings (SSSR count). The second-order valence-electron chi connectivity index (χ2n) is 8.27. The average Bonchev–Trinajstić information content (AvgIpc) is 3.41.